The van der Waals surface area contributed by atoms with Gasteiger partial charge in [0.25, 0.3) is 0 Å². The number of benzene rings is 2. The zero-order chi connectivity index (χ0) is 20.5. The van der Waals surface area contributed by atoms with Gasteiger partial charge in [0, 0.05) is 32.3 Å². The highest BCUT2D eigenvalue weighted by atomic mass is 19.1. The summed E-state index contributed by atoms with van der Waals surface area (Å²) in [6.07, 6.45) is 0.766. The summed E-state index contributed by atoms with van der Waals surface area (Å²) in [5.74, 6) is -1.01. The Morgan fingerprint density at radius 1 is 1.14 bits per heavy atom. The summed E-state index contributed by atoms with van der Waals surface area (Å²) in [6, 6.07) is 12.9. The molecule has 0 aliphatic heterocycles. The number of hydrogen-bond acceptors (Lipinski definition) is 2. The van der Waals surface area contributed by atoms with E-state index in [2.05, 4.69) is 15.6 Å². The topological polar surface area (TPSA) is 56.7 Å². The average Bonchev–Trinajstić information content (AvgIpc) is 2.66. The molecule has 1 amide bonds. The average molecular weight is 388 g/mol. The van der Waals surface area contributed by atoms with Crippen molar-refractivity contribution in [3.05, 3.63) is 71.3 Å². The minimum atomic E-state index is -0.631. The molecule has 0 heterocycles. The van der Waals surface area contributed by atoms with Crippen LogP contribution in [0.3, 0.4) is 0 Å². The van der Waals surface area contributed by atoms with Crippen molar-refractivity contribution in [1.29, 1.82) is 0 Å². The van der Waals surface area contributed by atoms with E-state index in [0.29, 0.717) is 18.1 Å². The minimum Gasteiger partial charge on any atom is -0.356 e. The minimum absolute atomic E-state index is 0.0354. The number of nitrogens with one attached hydrogen (secondary N) is 2. The first-order chi connectivity index (χ1) is 13.4. The maximum absolute atomic E-state index is 14.0. The van der Waals surface area contributed by atoms with Gasteiger partial charge >= 0.3 is 0 Å². The van der Waals surface area contributed by atoms with Gasteiger partial charge in [0.2, 0.25) is 5.91 Å². The van der Waals surface area contributed by atoms with Gasteiger partial charge in [-0.3, -0.25) is 4.79 Å². The Morgan fingerprint density at radius 3 is 2.50 bits per heavy atom. The van der Waals surface area contributed by atoms with Crippen LogP contribution in [0.25, 0.3) is 0 Å². The van der Waals surface area contributed by atoms with Crippen molar-refractivity contribution < 1.29 is 13.6 Å². The number of aliphatic imine (C=N–C) groups is 1. The van der Waals surface area contributed by atoms with Crippen LogP contribution in [0.1, 0.15) is 24.1 Å². The Morgan fingerprint density at radius 2 is 1.86 bits per heavy atom. The van der Waals surface area contributed by atoms with Gasteiger partial charge in [-0.2, -0.15) is 0 Å². The molecule has 2 aromatic rings. The molecule has 0 aliphatic carbocycles. The van der Waals surface area contributed by atoms with E-state index >= 15 is 0 Å². The van der Waals surface area contributed by atoms with Gasteiger partial charge in [-0.15, -0.1) is 0 Å². The Kier molecular flexibility index (Phi) is 7.92. The van der Waals surface area contributed by atoms with Gasteiger partial charge in [0.15, 0.2) is 5.96 Å². The number of hydrogen-bond donors (Lipinski definition) is 2. The van der Waals surface area contributed by atoms with Crippen molar-refractivity contribution in [3.63, 3.8) is 0 Å². The molecule has 150 valence electrons. The van der Waals surface area contributed by atoms with Crippen LogP contribution >= 0.6 is 0 Å². The predicted octanol–water partition coefficient (Wildman–Crippen LogP) is 2.89. The van der Waals surface area contributed by atoms with Crippen molar-refractivity contribution in [2.24, 2.45) is 4.99 Å². The van der Waals surface area contributed by atoms with Crippen LogP contribution in [0.4, 0.5) is 8.78 Å². The Labute approximate surface area is 164 Å². The summed E-state index contributed by atoms with van der Waals surface area (Å²) in [4.78, 5) is 17.6. The smallest absolute Gasteiger partial charge is 0.243 e. The molecule has 0 saturated heterocycles. The highest BCUT2D eigenvalue weighted by Gasteiger charge is 2.14. The molecular formula is C21H26F2N4O. The van der Waals surface area contributed by atoms with E-state index in [9.17, 15) is 13.6 Å². The number of halogens is 2. The molecule has 1 unspecified atom stereocenters. The van der Waals surface area contributed by atoms with Gasteiger partial charge in [0.1, 0.15) is 18.2 Å². The summed E-state index contributed by atoms with van der Waals surface area (Å²) in [6.45, 7) is 2.30. The largest absolute Gasteiger partial charge is 0.356 e. The van der Waals surface area contributed by atoms with Gasteiger partial charge in [-0.25, -0.2) is 13.8 Å². The van der Waals surface area contributed by atoms with Crippen LogP contribution in [0, 0.1) is 11.6 Å². The molecule has 7 heteroatoms. The van der Waals surface area contributed by atoms with E-state index in [0.717, 1.165) is 18.1 Å². The fourth-order valence-electron chi connectivity index (χ4n) is 2.55. The maximum atomic E-state index is 14.0. The van der Waals surface area contributed by atoms with E-state index in [1.165, 1.54) is 17.0 Å². The molecule has 0 spiro atoms. The lowest BCUT2D eigenvalue weighted by Gasteiger charge is -2.19. The van der Waals surface area contributed by atoms with Crippen molar-refractivity contribution in [3.8, 4) is 0 Å². The highest BCUT2D eigenvalue weighted by Crippen LogP contribution is 2.17. The normalized spacial score (nSPS) is 12.4. The van der Waals surface area contributed by atoms with Crippen LogP contribution in [-0.4, -0.2) is 44.0 Å². The Bertz CT molecular complexity index is 809. The molecule has 0 fully saturated rings. The van der Waals surface area contributed by atoms with Crippen molar-refractivity contribution >= 4 is 11.9 Å². The monoisotopic (exact) mass is 388 g/mol. The molecule has 5 nitrogen and oxygen atoms in total. The van der Waals surface area contributed by atoms with Gasteiger partial charge in [-0.05, 0) is 25.0 Å². The lowest BCUT2D eigenvalue weighted by molar-refractivity contribution is -0.127. The summed E-state index contributed by atoms with van der Waals surface area (Å²) >= 11 is 0. The van der Waals surface area contributed by atoms with E-state index in [1.807, 2.05) is 30.3 Å². The third-order valence-corrected chi connectivity index (χ3v) is 4.20. The second-order valence-electron chi connectivity index (χ2n) is 6.65. The lowest BCUT2D eigenvalue weighted by atomic mass is 10.1. The number of carbonyl (C=O) groups excluding carboxylic acids is 1. The Balaban J connectivity index is 2.05. The quantitative estimate of drug-likeness (QED) is 0.567. The number of guanidine groups is 1. The molecule has 0 aliphatic rings. The molecule has 0 saturated carbocycles. The maximum Gasteiger partial charge on any atom is 0.243 e. The predicted molar refractivity (Wildman–Crippen MR) is 107 cm³/mol. The highest BCUT2D eigenvalue weighted by molar-refractivity contribution is 5.85. The number of rotatable bonds is 7. The van der Waals surface area contributed by atoms with Crippen LogP contribution in [0.15, 0.2) is 53.5 Å². The number of carbonyl (C=O) groups is 1. The summed E-state index contributed by atoms with van der Waals surface area (Å²) < 4.78 is 27.2. The van der Waals surface area contributed by atoms with Crippen molar-refractivity contribution in [1.82, 2.24) is 15.5 Å². The third kappa shape index (κ3) is 6.64. The van der Waals surface area contributed by atoms with Gasteiger partial charge in [-0.1, -0.05) is 36.4 Å². The molecule has 2 rings (SSSR count). The molecule has 0 radical (unpaired) electrons. The summed E-state index contributed by atoms with van der Waals surface area (Å²) in [5, 5.41) is 6.25. The zero-order valence-electron chi connectivity index (χ0n) is 16.4. The Hall–Kier alpha value is -2.96. The standard InChI is InChI=1S/C21H26F2N4O/c1-15(18-10-9-17(22)13-19(18)23)26-21(25-14-20(28)27(2)3)24-12-11-16-7-5-4-6-8-16/h4-10,13,15H,11-12,14H2,1-3H3,(H2,24,25,26). The second-order valence-corrected chi connectivity index (χ2v) is 6.65. The van der Waals surface area contributed by atoms with Gasteiger partial charge < -0.3 is 15.5 Å². The lowest BCUT2D eigenvalue weighted by Crippen LogP contribution is -2.41. The van der Waals surface area contributed by atoms with E-state index < -0.39 is 17.7 Å². The third-order valence-electron chi connectivity index (χ3n) is 4.20. The van der Waals surface area contributed by atoms with Crippen molar-refractivity contribution in [2.45, 2.75) is 19.4 Å². The van der Waals surface area contributed by atoms with Crippen LogP contribution in [0.5, 0.6) is 0 Å². The molecular weight excluding hydrogens is 362 g/mol. The zero-order valence-corrected chi connectivity index (χ0v) is 16.4. The fraction of sp³-hybridized carbons (Fsp3) is 0.333. The number of likely N-dealkylation sites (N-methyl/N-ethyl adjacent to an activating group) is 1. The van der Waals surface area contributed by atoms with Crippen LogP contribution in [-0.2, 0) is 11.2 Å². The number of nitrogens with zero attached hydrogens (tertiary/aromatic N) is 2. The molecule has 0 aromatic heterocycles. The van der Waals surface area contributed by atoms with Gasteiger partial charge in [0.05, 0.1) is 6.04 Å². The van der Waals surface area contributed by atoms with E-state index in [1.54, 1.807) is 21.0 Å². The molecule has 28 heavy (non-hydrogen) atoms. The van der Waals surface area contributed by atoms with Crippen molar-refractivity contribution in [2.75, 3.05) is 27.2 Å². The first-order valence-corrected chi connectivity index (χ1v) is 9.10. The molecule has 2 N–H and O–H groups in total. The SMILES string of the molecule is CC(NC(=NCC(=O)N(C)C)NCCc1ccccc1)c1ccc(F)cc1F. The first-order valence-electron chi connectivity index (χ1n) is 9.10. The summed E-state index contributed by atoms with van der Waals surface area (Å²) in [7, 11) is 3.31. The first kappa shape index (κ1) is 21.3. The number of amides is 1. The molecule has 0 bridgehead atoms. The molecule has 1 atom stereocenters. The van der Waals surface area contributed by atoms with E-state index in [4.69, 9.17) is 0 Å². The van der Waals surface area contributed by atoms with Crippen LogP contribution in [0.2, 0.25) is 0 Å². The van der Waals surface area contributed by atoms with Crippen LogP contribution < -0.4 is 10.6 Å². The second kappa shape index (κ2) is 10.4. The van der Waals surface area contributed by atoms with E-state index in [-0.39, 0.29) is 12.5 Å². The summed E-state index contributed by atoms with van der Waals surface area (Å²) in [5.41, 5.74) is 1.48. The molecule has 2 aromatic carbocycles. The fourth-order valence-corrected chi connectivity index (χ4v) is 2.55.